The van der Waals surface area contributed by atoms with Gasteiger partial charge in [-0.3, -0.25) is 0 Å². The van der Waals surface area contributed by atoms with Crippen molar-refractivity contribution in [3.8, 4) is 0 Å². The Morgan fingerprint density at radius 1 is 1.12 bits per heavy atom. The van der Waals surface area contributed by atoms with Gasteiger partial charge in [0, 0.05) is 12.2 Å². The molecule has 0 aliphatic carbocycles. The van der Waals surface area contributed by atoms with Gasteiger partial charge in [0.15, 0.2) is 0 Å². The van der Waals surface area contributed by atoms with Gasteiger partial charge in [-0.05, 0) is 58.3 Å². The van der Waals surface area contributed by atoms with Crippen molar-refractivity contribution in [1.82, 2.24) is 9.80 Å². The molecule has 0 aromatic heterocycles. The van der Waals surface area contributed by atoms with Gasteiger partial charge >= 0.3 is 0 Å². The van der Waals surface area contributed by atoms with Gasteiger partial charge in [0.1, 0.15) is 0 Å². The summed E-state index contributed by atoms with van der Waals surface area (Å²) in [4.78, 5) is 4.55. The summed E-state index contributed by atoms with van der Waals surface area (Å²) in [6, 6.07) is 8.11. The normalized spacial score (nSPS) is 11.3. The van der Waals surface area contributed by atoms with Crippen LogP contribution in [0.4, 0.5) is 5.69 Å². The summed E-state index contributed by atoms with van der Waals surface area (Å²) in [6.07, 6.45) is 1.20. The van der Waals surface area contributed by atoms with Gasteiger partial charge < -0.3 is 15.5 Å². The first kappa shape index (κ1) is 13.0. The van der Waals surface area contributed by atoms with Gasteiger partial charge in [-0.15, -0.1) is 0 Å². The summed E-state index contributed by atoms with van der Waals surface area (Å²) >= 11 is 0. The van der Waals surface area contributed by atoms with Crippen LogP contribution in [0.15, 0.2) is 24.3 Å². The molecule has 2 N–H and O–H groups in total. The van der Waals surface area contributed by atoms with E-state index in [1.54, 1.807) is 0 Å². The maximum absolute atomic E-state index is 5.75. The van der Waals surface area contributed by atoms with Crippen LogP contribution in [-0.2, 0) is 6.54 Å². The number of hydrogen-bond donors (Lipinski definition) is 1. The summed E-state index contributed by atoms with van der Waals surface area (Å²) in [5.41, 5.74) is 7.88. The standard InChI is InChI=1S/C13H23N3/c1-15(2)8-5-9-16(3)11-12-6-4-7-13(14)10-12/h4,6-7,10H,5,8-9,11,14H2,1-3H3. The van der Waals surface area contributed by atoms with Crippen LogP contribution < -0.4 is 5.73 Å². The molecule has 0 radical (unpaired) electrons. The number of rotatable bonds is 6. The topological polar surface area (TPSA) is 32.5 Å². The lowest BCUT2D eigenvalue weighted by Gasteiger charge is -2.18. The molecule has 0 unspecified atom stereocenters. The van der Waals surface area contributed by atoms with E-state index < -0.39 is 0 Å². The Morgan fingerprint density at radius 3 is 2.50 bits per heavy atom. The monoisotopic (exact) mass is 221 g/mol. The number of benzene rings is 1. The zero-order chi connectivity index (χ0) is 12.0. The second-order valence-electron chi connectivity index (χ2n) is 4.64. The maximum Gasteiger partial charge on any atom is 0.0317 e. The van der Waals surface area contributed by atoms with Crippen molar-refractivity contribution in [2.75, 3.05) is 40.0 Å². The van der Waals surface area contributed by atoms with Crippen LogP contribution in [0.3, 0.4) is 0 Å². The van der Waals surface area contributed by atoms with E-state index >= 15 is 0 Å². The number of nitrogens with zero attached hydrogens (tertiary/aromatic N) is 2. The molecule has 1 rings (SSSR count). The minimum absolute atomic E-state index is 0.846. The molecule has 0 fully saturated rings. The highest BCUT2D eigenvalue weighted by atomic mass is 15.1. The Hall–Kier alpha value is -1.06. The molecule has 3 nitrogen and oxygen atoms in total. The molecule has 0 aliphatic heterocycles. The van der Waals surface area contributed by atoms with Crippen molar-refractivity contribution in [3.63, 3.8) is 0 Å². The minimum Gasteiger partial charge on any atom is -0.399 e. The Kier molecular flexibility index (Phi) is 5.29. The van der Waals surface area contributed by atoms with Gasteiger partial charge in [-0.25, -0.2) is 0 Å². The van der Waals surface area contributed by atoms with Crippen molar-refractivity contribution in [3.05, 3.63) is 29.8 Å². The van der Waals surface area contributed by atoms with E-state index in [1.807, 2.05) is 18.2 Å². The van der Waals surface area contributed by atoms with Crippen LogP contribution in [-0.4, -0.2) is 44.0 Å². The first-order valence-electron chi connectivity index (χ1n) is 5.75. The van der Waals surface area contributed by atoms with Crippen LogP contribution >= 0.6 is 0 Å². The highest BCUT2D eigenvalue weighted by Crippen LogP contribution is 2.08. The van der Waals surface area contributed by atoms with Crippen molar-refractivity contribution >= 4 is 5.69 Å². The van der Waals surface area contributed by atoms with E-state index in [-0.39, 0.29) is 0 Å². The Morgan fingerprint density at radius 2 is 1.88 bits per heavy atom. The molecule has 1 aromatic carbocycles. The highest BCUT2D eigenvalue weighted by molar-refractivity contribution is 5.40. The van der Waals surface area contributed by atoms with Crippen LogP contribution in [0.2, 0.25) is 0 Å². The Balaban J connectivity index is 2.31. The van der Waals surface area contributed by atoms with Crippen molar-refractivity contribution in [2.24, 2.45) is 0 Å². The number of nitrogens with two attached hydrogens (primary N) is 1. The van der Waals surface area contributed by atoms with Crippen molar-refractivity contribution < 1.29 is 0 Å². The van der Waals surface area contributed by atoms with E-state index in [9.17, 15) is 0 Å². The zero-order valence-electron chi connectivity index (χ0n) is 10.6. The number of hydrogen-bond acceptors (Lipinski definition) is 3. The number of anilines is 1. The summed E-state index contributed by atoms with van der Waals surface area (Å²) in [5.74, 6) is 0. The van der Waals surface area contributed by atoms with Crippen molar-refractivity contribution in [1.29, 1.82) is 0 Å². The molecular formula is C13H23N3. The van der Waals surface area contributed by atoms with Gasteiger partial charge in [-0.1, -0.05) is 12.1 Å². The molecule has 3 heteroatoms. The second kappa shape index (κ2) is 6.51. The molecule has 0 aliphatic rings. The van der Waals surface area contributed by atoms with Gasteiger partial charge in [0.05, 0.1) is 0 Å². The molecule has 0 spiro atoms. The van der Waals surface area contributed by atoms with Crippen LogP contribution in [0, 0.1) is 0 Å². The third-order valence-electron chi connectivity index (χ3n) is 2.55. The average molecular weight is 221 g/mol. The van der Waals surface area contributed by atoms with Crippen molar-refractivity contribution in [2.45, 2.75) is 13.0 Å². The molecule has 90 valence electrons. The SMILES string of the molecule is CN(C)CCCN(C)Cc1cccc(N)c1. The minimum atomic E-state index is 0.846. The first-order chi connectivity index (χ1) is 7.58. The predicted molar refractivity (Wildman–Crippen MR) is 70.4 cm³/mol. The molecule has 0 atom stereocenters. The summed E-state index contributed by atoms with van der Waals surface area (Å²) in [5, 5.41) is 0. The van der Waals surface area contributed by atoms with Gasteiger partial charge in [0.2, 0.25) is 0 Å². The zero-order valence-corrected chi connectivity index (χ0v) is 10.6. The Labute approximate surface area is 98.8 Å². The summed E-state index contributed by atoms with van der Waals surface area (Å²) < 4.78 is 0. The molecule has 16 heavy (non-hydrogen) atoms. The van der Waals surface area contributed by atoms with Gasteiger partial charge in [-0.2, -0.15) is 0 Å². The number of nitrogen functional groups attached to an aromatic ring is 1. The maximum atomic E-state index is 5.75. The lowest BCUT2D eigenvalue weighted by molar-refractivity contribution is 0.294. The fourth-order valence-electron chi connectivity index (χ4n) is 1.74. The van der Waals surface area contributed by atoms with E-state index in [0.29, 0.717) is 0 Å². The average Bonchev–Trinajstić information content (AvgIpc) is 2.16. The fourth-order valence-corrected chi connectivity index (χ4v) is 1.74. The molecular weight excluding hydrogens is 198 g/mol. The van der Waals surface area contributed by atoms with Crippen LogP contribution in [0.5, 0.6) is 0 Å². The predicted octanol–water partition coefficient (Wildman–Crippen LogP) is 1.65. The summed E-state index contributed by atoms with van der Waals surface area (Å²) in [7, 11) is 6.37. The quantitative estimate of drug-likeness (QED) is 0.741. The van der Waals surface area contributed by atoms with Crippen LogP contribution in [0.1, 0.15) is 12.0 Å². The molecule has 0 amide bonds. The molecule has 0 saturated heterocycles. The first-order valence-corrected chi connectivity index (χ1v) is 5.75. The van der Waals surface area contributed by atoms with E-state index in [2.05, 4.69) is 37.0 Å². The second-order valence-corrected chi connectivity index (χ2v) is 4.64. The third kappa shape index (κ3) is 5.14. The molecule has 1 aromatic rings. The largest absolute Gasteiger partial charge is 0.399 e. The smallest absolute Gasteiger partial charge is 0.0317 e. The third-order valence-corrected chi connectivity index (χ3v) is 2.55. The lowest BCUT2D eigenvalue weighted by atomic mass is 10.2. The molecule has 0 heterocycles. The Bertz CT molecular complexity index is 310. The summed E-state index contributed by atoms with van der Waals surface area (Å²) in [6.45, 7) is 3.23. The lowest BCUT2D eigenvalue weighted by Crippen LogP contribution is -2.23. The fraction of sp³-hybridized carbons (Fsp3) is 0.538. The van der Waals surface area contributed by atoms with E-state index in [1.165, 1.54) is 12.0 Å². The van der Waals surface area contributed by atoms with Gasteiger partial charge in [0.25, 0.3) is 0 Å². The van der Waals surface area contributed by atoms with E-state index in [4.69, 9.17) is 5.73 Å². The van der Waals surface area contributed by atoms with Crippen LogP contribution in [0.25, 0.3) is 0 Å². The highest BCUT2D eigenvalue weighted by Gasteiger charge is 2.00. The van der Waals surface area contributed by atoms with E-state index in [0.717, 1.165) is 25.3 Å². The molecule has 0 saturated carbocycles. The molecule has 0 bridgehead atoms.